The molecule has 4 nitrogen and oxygen atoms in total. The van der Waals surface area contributed by atoms with Crippen molar-refractivity contribution in [3.8, 4) is 0 Å². The third-order valence-corrected chi connectivity index (χ3v) is 0. The molecule has 0 aliphatic rings. The molecule has 0 heterocycles. The molecule has 0 aromatic rings. The fourth-order valence-electron chi connectivity index (χ4n) is 0. The predicted molar refractivity (Wildman–Crippen MR) is 9.96 cm³/mol. The summed E-state index contributed by atoms with van der Waals surface area (Å²) in [6.07, 6.45) is 0. The molecule has 0 rings (SSSR count). The Bertz CT molecular complexity index is 3.61. The van der Waals surface area contributed by atoms with E-state index in [2.05, 4.69) is 5.04 Å². The Hall–Kier alpha value is 0.346. The van der Waals surface area contributed by atoms with Crippen LogP contribution in [0.25, 0.3) is 0 Å². The summed E-state index contributed by atoms with van der Waals surface area (Å²) in [5.41, 5.74) is 0. The van der Waals surface area contributed by atoms with Gasteiger partial charge in [0.2, 0.25) is 0 Å². The van der Waals surface area contributed by atoms with Crippen molar-refractivity contribution in [2.75, 3.05) is 0 Å². The number of hydrogen-bond donors (Lipinski definition) is 2. The van der Waals surface area contributed by atoms with Crippen LogP contribution in [0.1, 0.15) is 0 Å². The summed E-state index contributed by atoms with van der Waals surface area (Å²) in [7, 11) is 0. The normalized spacial score (nSPS) is 3.60. The van der Waals surface area contributed by atoms with Crippen LogP contribution in [0.5, 0.6) is 0 Å². The Labute approximate surface area is 38.7 Å². The molecule has 0 aromatic heterocycles. The Balaban J connectivity index is -0.0000000200. The predicted octanol–water partition coefficient (Wildman–Crippen LogP) is -0.878. The van der Waals surface area contributed by atoms with Gasteiger partial charge < -0.3 is 5.48 Å². The van der Waals surface area contributed by atoms with Crippen molar-refractivity contribution < 1.29 is 37.8 Å². The molecule has 0 atom stereocenters. The molecule has 37 valence electrons. The molecule has 0 aliphatic carbocycles. The average molecular weight is 127 g/mol. The van der Waals surface area contributed by atoms with E-state index in [1.807, 2.05) is 0 Å². The molecular weight excluding hydrogens is 123 g/mol. The van der Waals surface area contributed by atoms with Crippen molar-refractivity contribution in [2.24, 2.45) is 0 Å². The Morgan fingerprint density at radius 3 is 1.20 bits per heavy atom. The summed E-state index contributed by atoms with van der Waals surface area (Å²) < 4.78 is 0. The van der Waals surface area contributed by atoms with Crippen LogP contribution < -0.4 is 0 Å². The van der Waals surface area contributed by atoms with Crippen molar-refractivity contribution in [3.63, 3.8) is 0 Å². The molecule has 0 saturated heterocycles. The second-order valence-electron chi connectivity index (χ2n) is 0.0816. The van der Waals surface area contributed by atoms with Gasteiger partial charge in [-0.3, -0.25) is 0 Å². The summed E-state index contributed by atoms with van der Waals surface area (Å²) in [6.45, 7) is 0. The first kappa shape index (κ1) is 18.3. The largest absolute Gasteiger partial charge is 0.412 e. The van der Waals surface area contributed by atoms with Gasteiger partial charge in [0.15, 0.2) is 0 Å². The van der Waals surface area contributed by atoms with E-state index in [-0.39, 0.29) is 22.3 Å². The van der Waals surface area contributed by atoms with Crippen LogP contribution in [-0.2, 0) is 21.8 Å². The van der Waals surface area contributed by atoms with Gasteiger partial charge >= 0.3 is 0 Å². The summed E-state index contributed by atoms with van der Waals surface area (Å²) >= 11 is 0. The standard InChI is InChI=1S/Co.H2O3.H2O/c;1-3-2;/h;1-2H;1H2. The van der Waals surface area contributed by atoms with E-state index in [0.29, 0.717) is 0 Å². The Morgan fingerprint density at radius 1 is 1.20 bits per heavy atom. The third-order valence-electron chi connectivity index (χ3n) is 0. The minimum atomic E-state index is 0. The van der Waals surface area contributed by atoms with Crippen LogP contribution in [0, 0.1) is 0 Å². The summed E-state index contributed by atoms with van der Waals surface area (Å²) in [6, 6.07) is 0. The van der Waals surface area contributed by atoms with Gasteiger partial charge in [0, 0.05) is 16.8 Å². The van der Waals surface area contributed by atoms with Crippen LogP contribution in [0.2, 0.25) is 0 Å². The van der Waals surface area contributed by atoms with E-state index in [9.17, 15) is 0 Å². The average Bonchev–Trinajstić information content (AvgIpc) is 0.918. The molecular formula is H4CoO4. The van der Waals surface area contributed by atoms with Gasteiger partial charge in [-0.05, 0) is 0 Å². The van der Waals surface area contributed by atoms with E-state index in [1.54, 1.807) is 0 Å². The monoisotopic (exact) mass is 127 g/mol. The third kappa shape index (κ3) is 199. The minimum Gasteiger partial charge on any atom is -0.412 e. The van der Waals surface area contributed by atoms with Crippen LogP contribution >= 0.6 is 0 Å². The van der Waals surface area contributed by atoms with Gasteiger partial charge in [0.1, 0.15) is 0 Å². The SMILES string of the molecule is O.OOO.[Co]. The first-order valence-electron chi connectivity index (χ1n) is 0.365. The van der Waals surface area contributed by atoms with E-state index in [0.717, 1.165) is 0 Å². The van der Waals surface area contributed by atoms with Gasteiger partial charge in [0.25, 0.3) is 0 Å². The molecule has 5 heavy (non-hydrogen) atoms. The molecule has 4 N–H and O–H groups in total. The van der Waals surface area contributed by atoms with Gasteiger partial charge in [-0.15, -0.1) is 0 Å². The second kappa shape index (κ2) is 26.8. The molecule has 0 unspecified atom stereocenters. The van der Waals surface area contributed by atoms with Crippen molar-refractivity contribution in [1.82, 2.24) is 0 Å². The maximum atomic E-state index is 6.62. The number of rotatable bonds is 0. The fraction of sp³-hybridized carbons (Fsp3) is 0. The van der Waals surface area contributed by atoms with Crippen LogP contribution in [0.3, 0.4) is 0 Å². The molecule has 0 spiro atoms. The molecule has 5 heteroatoms. The molecule has 0 aromatic carbocycles. The summed E-state index contributed by atoms with van der Waals surface area (Å²) in [4.78, 5) is 0. The van der Waals surface area contributed by atoms with Gasteiger partial charge in [-0.1, -0.05) is 5.04 Å². The molecule has 0 fully saturated rings. The van der Waals surface area contributed by atoms with Crippen molar-refractivity contribution >= 4 is 0 Å². The zero-order valence-corrected chi connectivity index (χ0v) is 3.18. The molecule has 0 bridgehead atoms. The van der Waals surface area contributed by atoms with Crippen molar-refractivity contribution in [3.05, 3.63) is 0 Å². The maximum absolute atomic E-state index is 6.62. The van der Waals surface area contributed by atoms with E-state index >= 15 is 0 Å². The Kier molecular flexibility index (Phi) is 98.5. The quantitative estimate of drug-likeness (QED) is 0.327. The second-order valence-corrected chi connectivity index (χ2v) is 0.0816. The number of hydrogen-bond acceptors (Lipinski definition) is 3. The van der Waals surface area contributed by atoms with Crippen LogP contribution in [0.4, 0.5) is 0 Å². The zero-order valence-electron chi connectivity index (χ0n) is 2.14. The first-order chi connectivity index (χ1) is 1.41. The molecule has 0 aliphatic heterocycles. The van der Waals surface area contributed by atoms with E-state index in [1.165, 1.54) is 0 Å². The van der Waals surface area contributed by atoms with Crippen molar-refractivity contribution in [2.45, 2.75) is 0 Å². The smallest absolute Gasteiger partial charge is 0 e. The molecule has 0 amide bonds. The molecule has 0 saturated carbocycles. The van der Waals surface area contributed by atoms with Gasteiger partial charge in [-0.2, -0.15) is 0 Å². The zero-order chi connectivity index (χ0) is 2.71. The first-order valence-corrected chi connectivity index (χ1v) is 0.365. The van der Waals surface area contributed by atoms with E-state index < -0.39 is 0 Å². The van der Waals surface area contributed by atoms with Gasteiger partial charge in [-0.25, -0.2) is 10.5 Å². The van der Waals surface area contributed by atoms with Crippen molar-refractivity contribution in [1.29, 1.82) is 0 Å². The Morgan fingerprint density at radius 2 is 1.20 bits per heavy atom. The van der Waals surface area contributed by atoms with Crippen LogP contribution in [-0.4, -0.2) is 16.0 Å². The summed E-state index contributed by atoms with van der Waals surface area (Å²) in [5.74, 6) is 0. The fourth-order valence-corrected chi connectivity index (χ4v) is 0. The molecule has 1 radical (unpaired) electrons. The maximum Gasteiger partial charge on any atom is 0 e. The van der Waals surface area contributed by atoms with E-state index in [4.69, 9.17) is 10.5 Å². The summed E-state index contributed by atoms with van der Waals surface area (Å²) in [5, 5.41) is 15.5. The topological polar surface area (TPSA) is 81.2 Å². The van der Waals surface area contributed by atoms with Crippen LogP contribution in [0.15, 0.2) is 0 Å². The minimum absolute atomic E-state index is 0. The van der Waals surface area contributed by atoms with Gasteiger partial charge in [0.05, 0.1) is 0 Å².